The molecule has 1 aromatic heterocycles. The van der Waals surface area contributed by atoms with E-state index in [-0.39, 0.29) is 0 Å². The molecular formula is C19H25N3O2. The molecule has 2 aromatic rings. The summed E-state index contributed by atoms with van der Waals surface area (Å²) in [6, 6.07) is 9.64. The molecular weight excluding hydrogens is 302 g/mol. The molecule has 1 fully saturated rings. The smallest absolute Gasteiger partial charge is 0.126 e. The molecule has 3 N–H and O–H groups in total. The summed E-state index contributed by atoms with van der Waals surface area (Å²) in [6.07, 6.45) is 3.95. The van der Waals surface area contributed by atoms with Gasteiger partial charge in [0.05, 0.1) is 11.9 Å². The van der Waals surface area contributed by atoms with Crippen LogP contribution in [0, 0.1) is 12.8 Å². The van der Waals surface area contributed by atoms with E-state index >= 15 is 0 Å². The van der Waals surface area contributed by atoms with Crippen LogP contribution in [0.15, 0.2) is 36.5 Å². The van der Waals surface area contributed by atoms with E-state index in [1.54, 1.807) is 6.07 Å². The average Bonchev–Trinajstić information content (AvgIpc) is 2.63. The van der Waals surface area contributed by atoms with Crippen LogP contribution in [0.1, 0.15) is 24.0 Å². The van der Waals surface area contributed by atoms with Crippen LogP contribution in [0.3, 0.4) is 0 Å². The van der Waals surface area contributed by atoms with E-state index in [0.717, 1.165) is 48.6 Å². The van der Waals surface area contributed by atoms with Crippen LogP contribution in [-0.4, -0.2) is 34.9 Å². The number of phenolic OH excluding ortho intramolecular Hbond substituents is 1. The van der Waals surface area contributed by atoms with Gasteiger partial charge in [-0.2, -0.15) is 0 Å². The van der Waals surface area contributed by atoms with Gasteiger partial charge in [-0.15, -0.1) is 0 Å². The first kappa shape index (κ1) is 16.6. The number of piperidine rings is 1. The number of aromatic hydroxyl groups is 1. The number of aliphatic hydroxyl groups excluding tert-OH is 1. The van der Waals surface area contributed by atoms with Gasteiger partial charge in [-0.05, 0) is 43.9 Å². The molecule has 0 saturated carbocycles. The number of anilines is 2. The highest BCUT2D eigenvalue weighted by Crippen LogP contribution is 2.24. The summed E-state index contributed by atoms with van der Waals surface area (Å²) in [5, 5.41) is 22.4. The lowest BCUT2D eigenvalue weighted by molar-refractivity contribution is 0.203. The van der Waals surface area contributed by atoms with Crippen LogP contribution in [-0.2, 0) is 6.54 Å². The summed E-state index contributed by atoms with van der Waals surface area (Å²) >= 11 is 0. The number of aryl methyl sites for hydroxylation is 1. The quantitative estimate of drug-likeness (QED) is 0.788. The lowest BCUT2D eigenvalue weighted by Gasteiger charge is -2.32. The Morgan fingerprint density at radius 3 is 2.67 bits per heavy atom. The van der Waals surface area contributed by atoms with E-state index in [4.69, 9.17) is 0 Å². The Kier molecular flexibility index (Phi) is 5.20. The summed E-state index contributed by atoms with van der Waals surface area (Å²) in [5.41, 5.74) is 3.11. The number of phenols is 1. The van der Waals surface area contributed by atoms with Crippen LogP contribution in [0.25, 0.3) is 0 Å². The van der Waals surface area contributed by atoms with E-state index in [0.29, 0.717) is 24.8 Å². The number of rotatable bonds is 5. The van der Waals surface area contributed by atoms with Gasteiger partial charge >= 0.3 is 0 Å². The zero-order chi connectivity index (χ0) is 16.9. The number of pyridine rings is 1. The van der Waals surface area contributed by atoms with Crippen molar-refractivity contribution >= 4 is 11.5 Å². The number of benzene rings is 1. The monoisotopic (exact) mass is 327 g/mol. The second-order valence-corrected chi connectivity index (χ2v) is 6.50. The maximum absolute atomic E-state index is 9.88. The molecule has 1 saturated heterocycles. The van der Waals surface area contributed by atoms with Crippen LogP contribution in [0.2, 0.25) is 0 Å². The largest absolute Gasteiger partial charge is 0.508 e. The number of aliphatic hydroxyl groups is 1. The lowest BCUT2D eigenvalue weighted by Crippen LogP contribution is -2.34. The van der Waals surface area contributed by atoms with E-state index in [9.17, 15) is 10.2 Å². The van der Waals surface area contributed by atoms with Crippen molar-refractivity contribution in [3.8, 4) is 5.75 Å². The van der Waals surface area contributed by atoms with Crippen molar-refractivity contribution in [1.29, 1.82) is 0 Å². The molecule has 24 heavy (non-hydrogen) atoms. The standard InChI is InChI=1S/C19H25N3O2/c1-14-2-4-18(24)16(10-14)11-20-19-5-3-17(12-21-19)22-8-6-15(13-23)7-9-22/h2-5,10,12,15,23-24H,6-9,11,13H2,1H3,(H,20,21). The van der Waals surface area contributed by atoms with E-state index in [1.807, 2.05) is 31.3 Å². The second kappa shape index (κ2) is 7.53. The van der Waals surface area contributed by atoms with Gasteiger partial charge in [0.25, 0.3) is 0 Å². The second-order valence-electron chi connectivity index (χ2n) is 6.50. The Morgan fingerprint density at radius 1 is 1.21 bits per heavy atom. The molecule has 0 spiro atoms. The van der Waals surface area contributed by atoms with E-state index < -0.39 is 0 Å². The fourth-order valence-electron chi connectivity index (χ4n) is 3.09. The summed E-state index contributed by atoms with van der Waals surface area (Å²) < 4.78 is 0. The summed E-state index contributed by atoms with van der Waals surface area (Å²) in [7, 11) is 0. The fourth-order valence-corrected chi connectivity index (χ4v) is 3.09. The first-order chi connectivity index (χ1) is 11.7. The van der Waals surface area contributed by atoms with Gasteiger partial charge < -0.3 is 20.4 Å². The highest BCUT2D eigenvalue weighted by atomic mass is 16.3. The van der Waals surface area contributed by atoms with Crippen LogP contribution in [0.5, 0.6) is 5.75 Å². The van der Waals surface area contributed by atoms with Gasteiger partial charge in [0.2, 0.25) is 0 Å². The minimum atomic E-state index is 0.292. The SMILES string of the molecule is Cc1ccc(O)c(CNc2ccc(N3CCC(CO)CC3)cn2)c1. The third-order valence-electron chi connectivity index (χ3n) is 4.68. The Morgan fingerprint density at radius 2 is 2.00 bits per heavy atom. The Hall–Kier alpha value is -2.27. The molecule has 1 aliphatic rings. The molecule has 0 unspecified atom stereocenters. The summed E-state index contributed by atoms with van der Waals surface area (Å²) in [6.45, 7) is 4.78. The van der Waals surface area contributed by atoms with Gasteiger partial charge in [0.15, 0.2) is 0 Å². The molecule has 1 aromatic carbocycles. The molecule has 128 valence electrons. The third kappa shape index (κ3) is 3.97. The van der Waals surface area contributed by atoms with Crippen molar-refractivity contribution in [2.45, 2.75) is 26.3 Å². The van der Waals surface area contributed by atoms with Gasteiger partial charge in [-0.1, -0.05) is 17.7 Å². The predicted octanol–water partition coefficient (Wildman–Crippen LogP) is 2.92. The molecule has 0 atom stereocenters. The van der Waals surface area contributed by atoms with Crippen LogP contribution < -0.4 is 10.2 Å². The minimum Gasteiger partial charge on any atom is -0.508 e. The van der Waals surface area contributed by atoms with Gasteiger partial charge in [-0.3, -0.25) is 0 Å². The van der Waals surface area contributed by atoms with Crippen molar-refractivity contribution in [3.05, 3.63) is 47.7 Å². The van der Waals surface area contributed by atoms with Crippen molar-refractivity contribution in [1.82, 2.24) is 4.98 Å². The van der Waals surface area contributed by atoms with Crippen molar-refractivity contribution < 1.29 is 10.2 Å². The van der Waals surface area contributed by atoms with Crippen LogP contribution in [0.4, 0.5) is 11.5 Å². The average molecular weight is 327 g/mol. The van der Waals surface area contributed by atoms with Crippen molar-refractivity contribution in [2.24, 2.45) is 5.92 Å². The Labute approximate surface area is 143 Å². The molecule has 5 heteroatoms. The molecule has 0 bridgehead atoms. The highest BCUT2D eigenvalue weighted by molar-refractivity contribution is 5.50. The zero-order valence-corrected chi connectivity index (χ0v) is 14.1. The topological polar surface area (TPSA) is 68.6 Å². The number of hydrogen-bond acceptors (Lipinski definition) is 5. The minimum absolute atomic E-state index is 0.292. The first-order valence-corrected chi connectivity index (χ1v) is 8.50. The third-order valence-corrected chi connectivity index (χ3v) is 4.68. The number of nitrogens with zero attached hydrogens (tertiary/aromatic N) is 2. The molecule has 0 aliphatic carbocycles. The van der Waals surface area contributed by atoms with Crippen molar-refractivity contribution in [2.75, 3.05) is 29.9 Å². The summed E-state index contributed by atoms with van der Waals surface area (Å²) in [5.74, 6) is 1.54. The van der Waals surface area contributed by atoms with E-state index in [2.05, 4.69) is 21.3 Å². The maximum Gasteiger partial charge on any atom is 0.126 e. The maximum atomic E-state index is 9.88. The molecule has 1 aliphatic heterocycles. The highest BCUT2D eigenvalue weighted by Gasteiger charge is 2.18. The molecule has 3 rings (SSSR count). The van der Waals surface area contributed by atoms with Crippen molar-refractivity contribution in [3.63, 3.8) is 0 Å². The van der Waals surface area contributed by atoms with Gasteiger partial charge in [-0.25, -0.2) is 4.98 Å². The Bertz CT molecular complexity index is 665. The molecule has 0 amide bonds. The molecule has 5 nitrogen and oxygen atoms in total. The predicted molar refractivity (Wildman–Crippen MR) is 96.4 cm³/mol. The number of nitrogens with one attached hydrogen (secondary N) is 1. The Balaban J connectivity index is 1.58. The van der Waals surface area contributed by atoms with E-state index in [1.165, 1.54) is 0 Å². The molecule has 2 heterocycles. The summed E-state index contributed by atoms with van der Waals surface area (Å²) in [4.78, 5) is 6.79. The first-order valence-electron chi connectivity index (χ1n) is 8.50. The van der Waals surface area contributed by atoms with Gasteiger partial charge in [0, 0.05) is 31.8 Å². The molecule has 0 radical (unpaired) electrons. The lowest BCUT2D eigenvalue weighted by atomic mass is 9.98. The number of hydrogen-bond donors (Lipinski definition) is 3. The normalized spacial score (nSPS) is 15.5. The zero-order valence-electron chi connectivity index (χ0n) is 14.1. The van der Waals surface area contributed by atoms with Gasteiger partial charge in [0.1, 0.15) is 11.6 Å². The van der Waals surface area contributed by atoms with Crippen LogP contribution >= 0.6 is 0 Å². The fraction of sp³-hybridized carbons (Fsp3) is 0.421. The number of aromatic nitrogens is 1.